The Morgan fingerprint density at radius 2 is 2.00 bits per heavy atom. The number of pyridine rings is 1. The average molecular weight is 319 g/mol. The lowest BCUT2D eigenvalue weighted by Crippen LogP contribution is -2.39. The van der Waals surface area contributed by atoms with Crippen LogP contribution in [0, 0.1) is 5.82 Å². The highest BCUT2D eigenvalue weighted by Gasteiger charge is 2.10. The van der Waals surface area contributed by atoms with E-state index in [0.29, 0.717) is 0 Å². The second-order valence-electron chi connectivity index (χ2n) is 5.16. The molecular formula is C16H18FN3O3. The SMILES string of the molecule is CC(CO)NC(=O)Nc1cccn(Cc2ccc(F)cc2)c1=O. The molecule has 2 aromatic rings. The van der Waals surface area contributed by atoms with Crippen molar-refractivity contribution in [3.05, 3.63) is 64.3 Å². The standard InChI is InChI=1S/C16H18FN3O3/c1-11(10-21)18-16(23)19-14-3-2-8-20(15(14)22)9-12-4-6-13(17)7-5-12/h2-8,11,21H,9-10H2,1H3,(H2,18,19,23). The number of amides is 2. The number of urea groups is 1. The molecule has 0 fully saturated rings. The Kier molecular flexibility index (Phi) is 5.48. The molecule has 1 aromatic carbocycles. The third-order valence-corrected chi connectivity index (χ3v) is 3.19. The molecule has 0 aliphatic heterocycles. The molecule has 6 nitrogen and oxygen atoms in total. The zero-order valence-corrected chi connectivity index (χ0v) is 12.6. The van der Waals surface area contributed by atoms with Crippen molar-refractivity contribution in [2.75, 3.05) is 11.9 Å². The smallest absolute Gasteiger partial charge is 0.319 e. The highest BCUT2D eigenvalue weighted by atomic mass is 19.1. The van der Waals surface area contributed by atoms with Crippen molar-refractivity contribution < 1.29 is 14.3 Å². The summed E-state index contributed by atoms with van der Waals surface area (Å²) in [5.74, 6) is -0.341. The molecule has 0 saturated heterocycles. The number of aliphatic hydroxyl groups is 1. The lowest BCUT2D eigenvalue weighted by molar-refractivity contribution is 0.229. The topological polar surface area (TPSA) is 83.4 Å². The van der Waals surface area contributed by atoms with Gasteiger partial charge in [0.05, 0.1) is 19.2 Å². The average Bonchev–Trinajstić information content (AvgIpc) is 2.53. The fourth-order valence-electron chi connectivity index (χ4n) is 1.97. The molecular weight excluding hydrogens is 301 g/mol. The van der Waals surface area contributed by atoms with Crippen LogP contribution in [0.1, 0.15) is 12.5 Å². The number of hydrogen-bond donors (Lipinski definition) is 3. The summed E-state index contributed by atoms with van der Waals surface area (Å²) < 4.78 is 14.3. The van der Waals surface area contributed by atoms with Gasteiger partial charge in [0.2, 0.25) is 0 Å². The van der Waals surface area contributed by atoms with Gasteiger partial charge in [0.1, 0.15) is 11.5 Å². The number of aromatic nitrogens is 1. The third-order valence-electron chi connectivity index (χ3n) is 3.19. The molecule has 3 N–H and O–H groups in total. The van der Waals surface area contributed by atoms with Crippen molar-refractivity contribution in [2.45, 2.75) is 19.5 Å². The van der Waals surface area contributed by atoms with Gasteiger partial charge in [0, 0.05) is 6.20 Å². The molecule has 0 bridgehead atoms. The molecule has 7 heteroatoms. The van der Waals surface area contributed by atoms with Crippen molar-refractivity contribution in [3.8, 4) is 0 Å². The van der Waals surface area contributed by atoms with E-state index < -0.39 is 12.1 Å². The molecule has 0 spiro atoms. The minimum Gasteiger partial charge on any atom is -0.394 e. The molecule has 0 saturated carbocycles. The Hall–Kier alpha value is -2.67. The maximum atomic E-state index is 12.9. The lowest BCUT2D eigenvalue weighted by Gasteiger charge is -2.13. The van der Waals surface area contributed by atoms with Crippen LogP contribution in [-0.4, -0.2) is 28.4 Å². The number of benzene rings is 1. The van der Waals surface area contributed by atoms with Crippen LogP contribution < -0.4 is 16.2 Å². The summed E-state index contributed by atoms with van der Waals surface area (Å²) in [5, 5.41) is 13.8. The molecule has 0 aliphatic rings. The zero-order valence-electron chi connectivity index (χ0n) is 12.6. The van der Waals surface area contributed by atoms with E-state index in [0.717, 1.165) is 5.56 Å². The molecule has 1 heterocycles. The van der Waals surface area contributed by atoms with E-state index in [1.54, 1.807) is 31.3 Å². The number of carbonyl (C=O) groups excluding carboxylic acids is 1. The minimum absolute atomic E-state index is 0.122. The first-order valence-electron chi connectivity index (χ1n) is 7.12. The van der Waals surface area contributed by atoms with Crippen LogP contribution in [0.5, 0.6) is 0 Å². The second kappa shape index (κ2) is 7.55. The molecule has 1 aromatic heterocycles. The van der Waals surface area contributed by atoms with Gasteiger partial charge in [-0.25, -0.2) is 9.18 Å². The zero-order chi connectivity index (χ0) is 16.8. The molecule has 2 rings (SSSR count). The van der Waals surface area contributed by atoms with Gasteiger partial charge in [-0.05, 0) is 36.8 Å². The van der Waals surface area contributed by atoms with Gasteiger partial charge in [-0.3, -0.25) is 4.79 Å². The largest absolute Gasteiger partial charge is 0.394 e. The predicted octanol–water partition coefficient (Wildman–Crippen LogP) is 1.54. The monoisotopic (exact) mass is 319 g/mol. The molecule has 2 amide bonds. The number of hydrogen-bond acceptors (Lipinski definition) is 3. The first-order chi connectivity index (χ1) is 11.0. The van der Waals surface area contributed by atoms with Crippen LogP contribution in [0.3, 0.4) is 0 Å². The molecule has 122 valence electrons. The maximum absolute atomic E-state index is 12.9. The van der Waals surface area contributed by atoms with Crippen LogP contribution in [0.4, 0.5) is 14.9 Å². The summed E-state index contributed by atoms with van der Waals surface area (Å²) in [6, 6.07) is 7.99. The van der Waals surface area contributed by atoms with Gasteiger partial charge in [0.25, 0.3) is 5.56 Å². The molecule has 0 aliphatic carbocycles. The second-order valence-corrected chi connectivity index (χ2v) is 5.16. The van der Waals surface area contributed by atoms with Crippen molar-refractivity contribution in [1.82, 2.24) is 9.88 Å². The van der Waals surface area contributed by atoms with Crippen molar-refractivity contribution in [2.24, 2.45) is 0 Å². The fourth-order valence-corrected chi connectivity index (χ4v) is 1.97. The predicted molar refractivity (Wildman–Crippen MR) is 84.9 cm³/mol. The molecule has 23 heavy (non-hydrogen) atoms. The summed E-state index contributed by atoms with van der Waals surface area (Å²) in [6.45, 7) is 1.71. The van der Waals surface area contributed by atoms with Crippen molar-refractivity contribution in [1.29, 1.82) is 0 Å². The van der Waals surface area contributed by atoms with Gasteiger partial charge < -0.3 is 20.3 Å². The highest BCUT2D eigenvalue weighted by molar-refractivity contribution is 5.89. The van der Waals surface area contributed by atoms with Gasteiger partial charge in [-0.1, -0.05) is 12.1 Å². The van der Waals surface area contributed by atoms with Crippen LogP contribution in [-0.2, 0) is 6.54 Å². The number of nitrogens with one attached hydrogen (secondary N) is 2. The number of rotatable bonds is 5. The van der Waals surface area contributed by atoms with E-state index in [-0.39, 0.29) is 30.2 Å². The third kappa shape index (κ3) is 4.65. The van der Waals surface area contributed by atoms with Crippen molar-refractivity contribution in [3.63, 3.8) is 0 Å². The van der Waals surface area contributed by atoms with E-state index in [4.69, 9.17) is 5.11 Å². The molecule has 1 atom stereocenters. The Morgan fingerprint density at radius 3 is 2.65 bits per heavy atom. The van der Waals surface area contributed by atoms with Gasteiger partial charge in [0.15, 0.2) is 0 Å². The van der Waals surface area contributed by atoms with Crippen molar-refractivity contribution >= 4 is 11.7 Å². The highest BCUT2D eigenvalue weighted by Crippen LogP contribution is 2.05. The summed E-state index contributed by atoms with van der Waals surface area (Å²) in [6.07, 6.45) is 1.59. The van der Waals surface area contributed by atoms with Crippen LogP contribution in [0.25, 0.3) is 0 Å². The normalized spacial score (nSPS) is 11.8. The van der Waals surface area contributed by atoms with E-state index in [2.05, 4.69) is 10.6 Å². The van der Waals surface area contributed by atoms with Crippen LogP contribution in [0.15, 0.2) is 47.4 Å². The first-order valence-corrected chi connectivity index (χ1v) is 7.12. The number of halogens is 1. The molecule has 1 unspecified atom stereocenters. The van der Waals surface area contributed by atoms with Gasteiger partial charge >= 0.3 is 6.03 Å². The quantitative estimate of drug-likeness (QED) is 0.781. The number of carbonyl (C=O) groups is 1. The van der Waals surface area contributed by atoms with Gasteiger partial charge in [-0.2, -0.15) is 0 Å². The van der Waals surface area contributed by atoms with Crippen LogP contribution in [0.2, 0.25) is 0 Å². The minimum atomic E-state index is -0.566. The van der Waals surface area contributed by atoms with E-state index >= 15 is 0 Å². The number of nitrogens with zero attached hydrogens (tertiary/aromatic N) is 1. The Labute approximate surface area is 132 Å². The first kappa shape index (κ1) is 16.7. The van der Waals surface area contributed by atoms with E-state index in [9.17, 15) is 14.0 Å². The van der Waals surface area contributed by atoms with E-state index in [1.165, 1.54) is 22.8 Å². The van der Waals surface area contributed by atoms with E-state index in [1.807, 2.05) is 0 Å². The number of aliphatic hydroxyl groups excluding tert-OH is 1. The number of anilines is 1. The maximum Gasteiger partial charge on any atom is 0.319 e. The Morgan fingerprint density at radius 1 is 1.30 bits per heavy atom. The van der Waals surface area contributed by atoms with Crippen LogP contribution >= 0.6 is 0 Å². The van der Waals surface area contributed by atoms with Gasteiger partial charge in [-0.15, -0.1) is 0 Å². The summed E-state index contributed by atoms with van der Waals surface area (Å²) in [4.78, 5) is 24.0. The summed E-state index contributed by atoms with van der Waals surface area (Å²) >= 11 is 0. The summed E-state index contributed by atoms with van der Waals surface area (Å²) in [5.41, 5.74) is 0.518. The fraction of sp³-hybridized carbons (Fsp3) is 0.250. The molecule has 0 radical (unpaired) electrons. The summed E-state index contributed by atoms with van der Waals surface area (Å²) in [7, 11) is 0. The Bertz CT molecular complexity index is 728. The Balaban J connectivity index is 2.13. The lowest BCUT2D eigenvalue weighted by atomic mass is 10.2.